The van der Waals surface area contributed by atoms with Crippen LogP contribution in [0.3, 0.4) is 0 Å². The zero-order valence-corrected chi connectivity index (χ0v) is 10.1. The first-order chi connectivity index (χ1) is 7.49. The molecule has 2 heterocycles. The molecule has 0 unspecified atom stereocenters. The first-order valence-electron chi connectivity index (χ1n) is 4.60. The molecule has 2 aromatic rings. The van der Waals surface area contributed by atoms with Crippen LogP contribution in [0.1, 0.15) is 11.4 Å². The second kappa shape index (κ2) is 3.99. The molecule has 16 heavy (non-hydrogen) atoms. The monoisotopic (exact) mass is 257 g/mol. The van der Waals surface area contributed by atoms with Crippen LogP contribution >= 0.6 is 23.8 Å². The van der Waals surface area contributed by atoms with Gasteiger partial charge in [0, 0.05) is 12.6 Å². The van der Waals surface area contributed by atoms with Gasteiger partial charge in [0.05, 0.1) is 21.4 Å². The molecule has 2 rings (SSSR count). The van der Waals surface area contributed by atoms with Crippen LogP contribution in [0.5, 0.6) is 0 Å². The molecule has 0 aliphatic carbocycles. The van der Waals surface area contributed by atoms with Crippen LogP contribution in [0.25, 0.3) is 5.65 Å². The van der Waals surface area contributed by atoms with Crippen molar-refractivity contribution >= 4 is 34.5 Å². The third kappa shape index (κ3) is 1.88. The highest BCUT2D eigenvalue weighted by atomic mass is 35.5. The van der Waals surface area contributed by atoms with E-state index in [1.165, 1.54) is 12.3 Å². The summed E-state index contributed by atoms with van der Waals surface area (Å²) >= 11 is 10.7. The topological polar surface area (TPSA) is 43.3 Å². The molecule has 0 bridgehead atoms. The molecule has 0 aromatic carbocycles. The average molecular weight is 258 g/mol. The Morgan fingerprint density at radius 3 is 3.00 bits per heavy atom. The Morgan fingerprint density at radius 2 is 2.38 bits per heavy atom. The number of fused-ring (bicyclic) bond motifs is 1. The minimum Gasteiger partial charge on any atom is -0.393 e. The zero-order chi connectivity index (χ0) is 11.9. The predicted octanol–water partition coefficient (Wildman–Crippen LogP) is 2.26. The molecule has 0 atom stereocenters. The van der Waals surface area contributed by atoms with E-state index in [2.05, 4.69) is 4.98 Å². The van der Waals surface area contributed by atoms with E-state index in [0.717, 1.165) is 11.4 Å². The molecule has 0 aliphatic heterocycles. The fraction of sp³-hybridized carbons (Fsp3) is 0.200. The number of thiocarbonyl (C=S) groups is 1. The van der Waals surface area contributed by atoms with Crippen LogP contribution < -0.4 is 5.73 Å². The van der Waals surface area contributed by atoms with Crippen molar-refractivity contribution in [2.24, 2.45) is 5.73 Å². The number of aromatic nitrogens is 2. The number of hydrogen-bond acceptors (Lipinski definition) is 2. The molecular weight excluding hydrogens is 249 g/mol. The highest BCUT2D eigenvalue weighted by molar-refractivity contribution is 7.80. The van der Waals surface area contributed by atoms with Crippen LogP contribution in [0.4, 0.5) is 4.39 Å². The van der Waals surface area contributed by atoms with Crippen LogP contribution in [0.15, 0.2) is 12.3 Å². The van der Waals surface area contributed by atoms with Gasteiger partial charge in [-0.3, -0.25) is 4.40 Å². The van der Waals surface area contributed by atoms with E-state index in [1.807, 2.05) is 6.92 Å². The van der Waals surface area contributed by atoms with Crippen LogP contribution in [0, 0.1) is 12.7 Å². The van der Waals surface area contributed by atoms with Gasteiger partial charge in [-0.2, -0.15) is 0 Å². The zero-order valence-electron chi connectivity index (χ0n) is 8.50. The van der Waals surface area contributed by atoms with Gasteiger partial charge in [-0.25, -0.2) is 9.37 Å². The first kappa shape index (κ1) is 11.3. The van der Waals surface area contributed by atoms with Crippen molar-refractivity contribution in [3.8, 4) is 0 Å². The van der Waals surface area contributed by atoms with Crippen molar-refractivity contribution in [1.29, 1.82) is 0 Å². The number of imidazole rings is 1. The molecule has 0 saturated heterocycles. The summed E-state index contributed by atoms with van der Waals surface area (Å²) in [6.07, 6.45) is 1.71. The van der Waals surface area contributed by atoms with Crippen LogP contribution in [0.2, 0.25) is 5.02 Å². The Balaban J connectivity index is 2.73. The lowest BCUT2D eigenvalue weighted by Crippen LogP contribution is -2.13. The van der Waals surface area contributed by atoms with Crippen molar-refractivity contribution in [1.82, 2.24) is 9.38 Å². The minimum absolute atomic E-state index is 0.275. The van der Waals surface area contributed by atoms with Crippen LogP contribution in [-0.4, -0.2) is 14.4 Å². The maximum Gasteiger partial charge on any atom is 0.156 e. The fourth-order valence-electron chi connectivity index (χ4n) is 1.61. The van der Waals surface area contributed by atoms with E-state index < -0.39 is 5.82 Å². The van der Waals surface area contributed by atoms with E-state index in [0.29, 0.717) is 17.1 Å². The molecule has 0 spiro atoms. The average Bonchev–Trinajstić information content (AvgIpc) is 2.45. The Hall–Kier alpha value is -1.20. The first-order valence-corrected chi connectivity index (χ1v) is 5.38. The maximum absolute atomic E-state index is 13.2. The lowest BCUT2D eigenvalue weighted by molar-refractivity contribution is 0.618. The summed E-state index contributed by atoms with van der Waals surface area (Å²) in [7, 11) is 0. The largest absolute Gasteiger partial charge is 0.393 e. The Morgan fingerprint density at radius 1 is 1.69 bits per heavy atom. The Bertz CT molecular complexity index is 579. The molecule has 0 aliphatic rings. The summed E-state index contributed by atoms with van der Waals surface area (Å²) in [5.41, 5.74) is 7.52. The van der Waals surface area contributed by atoms with Gasteiger partial charge in [0.25, 0.3) is 0 Å². The summed E-state index contributed by atoms with van der Waals surface area (Å²) in [6, 6.07) is 1.23. The molecule has 0 fully saturated rings. The number of halogens is 2. The van der Waals surface area contributed by atoms with Gasteiger partial charge in [0.1, 0.15) is 5.82 Å². The molecule has 6 heteroatoms. The van der Waals surface area contributed by atoms with Gasteiger partial charge in [-0.05, 0) is 13.0 Å². The molecule has 0 radical (unpaired) electrons. The lowest BCUT2D eigenvalue weighted by atomic mass is 10.2. The fourth-order valence-corrected chi connectivity index (χ4v) is 1.99. The third-order valence-corrected chi connectivity index (χ3v) is 2.71. The van der Waals surface area contributed by atoms with Crippen molar-refractivity contribution in [3.63, 3.8) is 0 Å². The predicted molar refractivity (Wildman–Crippen MR) is 65.4 cm³/mol. The van der Waals surface area contributed by atoms with Crippen molar-refractivity contribution in [2.75, 3.05) is 0 Å². The summed E-state index contributed by atoms with van der Waals surface area (Å²) < 4.78 is 14.8. The molecule has 2 aromatic heterocycles. The normalized spacial score (nSPS) is 10.9. The summed E-state index contributed by atoms with van der Waals surface area (Å²) in [6.45, 7) is 1.81. The second-order valence-electron chi connectivity index (χ2n) is 3.49. The van der Waals surface area contributed by atoms with E-state index in [4.69, 9.17) is 29.6 Å². The molecular formula is C10H9ClFN3S. The lowest BCUT2D eigenvalue weighted by Gasteiger charge is -2.02. The van der Waals surface area contributed by atoms with E-state index in [1.54, 1.807) is 4.40 Å². The van der Waals surface area contributed by atoms with Crippen molar-refractivity contribution in [2.45, 2.75) is 13.3 Å². The molecule has 84 valence electrons. The molecule has 2 N–H and O–H groups in total. The summed E-state index contributed by atoms with van der Waals surface area (Å²) in [5.74, 6) is -0.418. The summed E-state index contributed by atoms with van der Waals surface area (Å²) in [4.78, 5) is 4.59. The van der Waals surface area contributed by atoms with Gasteiger partial charge >= 0.3 is 0 Å². The van der Waals surface area contributed by atoms with Gasteiger partial charge < -0.3 is 5.73 Å². The van der Waals surface area contributed by atoms with Crippen molar-refractivity contribution in [3.05, 3.63) is 34.5 Å². The third-order valence-electron chi connectivity index (χ3n) is 2.28. The van der Waals surface area contributed by atoms with Gasteiger partial charge in [0.15, 0.2) is 5.65 Å². The van der Waals surface area contributed by atoms with E-state index in [-0.39, 0.29) is 5.02 Å². The highest BCUT2D eigenvalue weighted by Gasteiger charge is 2.13. The van der Waals surface area contributed by atoms with E-state index >= 15 is 0 Å². The molecule has 0 saturated carbocycles. The SMILES string of the molecule is Cc1nc2c(Cl)cc(F)cn2c1CC(N)=S. The molecule has 3 nitrogen and oxygen atoms in total. The number of hydrogen-bond donors (Lipinski definition) is 1. The number of pyridine rings is 1. The Kier molecular flexibility index (Phi) is 2.82. The molecule has 0 amide bonds. The maximum atomic E-state index is 13.2. The van der Waals surface area contributed by atoms with Gasteiger partial charge in [-0.1, -0.05) is 23.8 Å². The van der Waals surface area contributed by atoms with Crippen LogP contribution in [-0.2, 0) is 6.42 Å². The number of rotatable bonds is 2. The smallest absolute Gasteiger partial charge is 0.156 e. The summed E-state index contributed by atoms with van der Waals surface area (Å²) in [5, 5.41) is 0.275. The standard InChI is InChI=1S/C10H9ClFN3S/c1-5-8(3-9(13)16)15-4-6(12)2-7(11)10(15)14-5/h2,4H,3H2,1H3,(H2,13,16). The quantitative estimate of drug-likeness (QED) is 0.840. The highest BCUT2D eigenvalue weighted by Crippen LogP contribution is 2.21. The van der Waals surface area contributed by atoms with Crippen molar-refractivity contribution < 1.29 is 4.39 Å². The van der Waals surface area contributed by atoms with E-state index in [9.17, 15) is 4.39 Å². The number of nitrogens with zero attached hydrogens (tertiary/aromatic N) is 2. The Labute approximate surface area is 102 Å². The van der Waals surface area contributed by atoms with Gasteiger partial charge in [0.2, 0.25) is 0 Å². The number of aryl methyl sites for hydroxylation is 1. The minimum atomic E-state index is -0.418. The van der Waals surface area contributed by atoms with Gasteiger partial charge in [-0.15, -0.1) is 0 Å². The second-order valence-corrected chi connectivity index (χ2v) is 4.42. The number of nitrogens with two attached hydrogens (primary N) is 1.